The minimum absolute atomic E-state index is 0.0241. The van der Waals surface area contributed by atoms with Crippen molar-refractivity contribution in [3.63, 3.8) is 0 Å². The molecule has 0 aliphatic rings. The maximum atomic E-state index is 12.7. The summed E-state index contributed by atoms with van der Waals surface area (Å²) in [5, 5.41) is 10.9. The van der Waals surface area contributed by atoms with E-state index in [9.17, 15) is 14.7 Å². The third-order valence-electron chi connectivity index (χ3n) is 3.70. The van der Waals surface area contributed by atoms with Crippen LogP contribution < -0.4 is 5.56 Å². The summed E-state index contributed by atoms with van der Waals surface area (Å²) in [6, 6.07) is 7.80. The number of aryl methyl sites for hydroxylation is 2. The van der Waals surface area contributed by atoms with Gasteiger partial charge in [-0.05, 0) is 25.0 Å². The average Bonchev–Trinajstić information content (AvgIpc) is 2.89. The Kier molecular flexibility index (Phi) is 3.54. The van der Waals surface area contributed by atoms with E-state index in [1.54, 1.807) is 6.92 Å². The molecule has 1 N–H and O–H groups in total. The lowest BCUT2D eigenvalue weighted by Gasteiger charge is -2.11. The quantitative estimate of drug-likeness (QED) is 0.807. The number of nitrogens with zero attached hydrogens (tertiary/aromatic N) is 2. The van der Waals surface area contributed by atoms with E-state index in [4.69, 9.17) is 0 Å². The van der Waals surface area contributed by atoms with Crippen molar-refractivity contribution in [3.05, 3.63) is 62.5 Å². The summed E-state index contributed by atoms with van der Waals surface area (Å²) in [7, 11) is 0. The molecule has 5 nitrogen and oxygen atoms in total. The first-order chi connectivity index (χ1) is 10.5. The Morgan fingerprint density at radius 3 is 2.73 bits per heavy atom. The summed E-state index contributed by atoms with van der Waals surface area (Å²) >= 11 is 1.18. The van der Waals surface area contributed by atoms with E-state index in [-0.39, 0.29) is 16.5 Å². The molecule has 0 spiro atoms. The van der Waals surface area contributed by atoms with Crippen LogP contribution in [0.1, 0.15) is 27.3 Å². The molecule has 0 amide bonds. The zero-order valence-electron chi connectivity index (χ0n) is 12.2. The molecular formula is C16H14N2O3S. The predicted molar refractivity (Wildman–Crippen MR) is 85.9 cm³/mol. The van der Waals surface area contributed by atoms with E-state index in [0.717, 1.165) is 11.1 Å². The first kappa shape index (κ1) is 14.5. The third kappa shape index (κ3) is 2.31. The highest BCUT2D eigenvalue weighted by Crippen LogP contribution is 2.22. The molecule has 2 heterocycles. The van der Waals surface area contributed by atoms with Crippen molar-refractivity contribution in [2.45, 2.75) is 20.4 Å². The van der Waals surface area contributed by atoms with Crippen LogP contribution >= 0.6 is 11.3 Å². The number of hydrogen-bond acceptors (Lipinski definition) is 4. The van der Waals surface area contributed by atoms with Crippen LogP contribution in [-0.2, 0) is 6.54 Å². The average molecular weight is 314 g/mol. The lowest BCUT2D eigenvalue weighted by molar-refractivity contribution is 0.0699. The highest BCUT2D eigenvalue weighted by atomic mass is 32.1. The minimum Gasteiger partial charge on any atom is -0.478 e. The maximum Gasteiger partial charge on any atom is 0.337 e. The van der Waals surface area contributed by atoms with Crippen LogP contribution in [0.2, 0.25) is 0 Å². The molecule has 0 saturated carbocycles. The summed E-state index contributed by atoms with van der Waals surface area (Å²) in [5.74, 6) is -0.518. The van der Waals surface area contributed by atoms with Gasteiger partial charge in [0.25, 0.3) is 5.56 Å². The molecule has 3 aromatic rings. The summed E-state index contributed by atoms with van der Waals surface area (Å²) in [6.45, 7) is 4.13. The van der Waals surface area contributed by atoms with Gasteiger partial charge in [-0.3, -0.25) is 9.36 Å². The molecule has 0 radical (unpaired) electrons. The van der Waals surface area contributed by atoms with Crippen molar-refractivity contribution in [2.75, 3.05) is 0 Å². The molecule has 112 valence electrons. The zero-order chi connectivity index (χ0) is 15.9. The molecule has 0 aliphatic heterocycles. The van der Waals surface area contributed by atoms with Gasteiger partial charge in [0, 0.05) is 5.38 Å². The monoisotopic (exact) mass is 314 g/mol. The number of carboxylic acids is 1. The largest absolute Gasteiger partial charge is 0.478 e. The Balaban J connectivity index is 2.22. The number of hydrogen-bond donors (Lipinski definition) is 1. The van der Waals surface area contributed by atoms with Crippen LogP contribution in [0.4, 0.5) is 0 Å². The number of thiophene rings is 1. The van der Waals surface area contributed by atoms with E-state index in [2.05, 4.69) is 4.98 Å². The van der Waals surface area contributed by atoms with Gasteiger partial charge in [0.2, 0.25) is 0 Å². The van der Waals surface area contributed by atoms with Crippen molar-refractivity contribution in [1.29, 1.82) is 0 Å². The molecule has 0 bridgehead atoms. The van der Waals surface area contributed by atoms with E-state index in [1.807, 2.05) is 31.2 Å². The predicted octanol–water partition coefficient (Wildman–Crippen LogP) is 2.82. The van der Waals surface area contributed by atoms with Gasteiger partial charge >= 0.3 is 5.97 Å². The molecule has 1 aromatic carbocycles. The summed E-state index contributed by atoms with van der Waals surface area (Å²) < 4.78 is 1.53. The van der Waals surface area contributed by atoms with Crippen molar-refractivity contribution >= 4 is 27.5 Å². The summed E-state index contributed by atoms with van der Waals surface area (Å²) in [4.78, 5) is 28.8. The smallest absolute Gasteiger partial charge is 0.337 e. The number of carbonyl (C=O) groups is 1. The Morgan fingerprint density at radius 1 is 1.32 bits per heavy atom. The topological polar surface area (TPSA) is 72.2 Å². The van der Waals surface area contributed by atoms with Gasteiger partial charge in [-0.15, -0.1) is 11.3 Å². The van der Waals surface area contributed by atoms with Gasteiger partial charge in [-0.1, -0.05) is 24.3 Å². The number of aromatic carboxylic acids is 1. The van der Waals surface area contributed by atoms with Crippen molar-refractivity contribution < 1.29 is 9.90 Å². The number of benzene rings is 1. The van der Waals surface area contributed by atoms with Crippen molar-refractivity contribution in [1.82, 2.24) is 9.55 Å². The van der Waals surface area contributed by atoms with Crippen LogP contribution in [0.3, 0.4) is 0 Å². The minimum atomic E-state index is -1.10. The fraction of sp³-hybridized carbons (Fsp3) is 0.188. The summed E-state index contributed by atoms with van der Waals surface area (Å²) in [6.07, 6.45) is 0. The first-order valence-electron chi connectivity index (χ1n) is 6.75. The molecule has 0 unspecified atom stereocenters. The SMILES string of the molecule is Cc1ccccc1Cn1c(C)nc2scc(C(=O)O)c2c1=O. The van der Waals surface area contributed by atoms with Gasteiger partial charge in [0.05, 0.1) is 17.5 Å². The molecule has 0 atom stereocenters. The van der Waals surface area contributed by atoms with E-state index >= 15 is 0 Å². The van der Waals surface area contributed by atoms with Gasteiger partial charge in [-0.25, -0.2) is 9.78 Å². The number of fused-ring (bicyclic) bond motifs is 1. The highest BCUT2D eigenvalue weighted by Gasteiger charge is 2.18. The van der Waals surface area contributed by atoms with Crippen LogP contribution in [0.25, 0.3) is 10.2 Å². The van der Waals surface area contributed by atoms with Crippen LogP contribution in [0.15, 0.2) is 34.4 Å². The Morgan fingerprint density at radius 2 is 2.05 bits per heavy atom. The Bertz CT molecular complexity index is 940. The number of aromatic nitrogens is 2. The van der Waals surface area contributed by atoms with Gasteiger partial charge in [0.15, 0.2) is 0 Å². The fourth-order valence-electron chi connectivity index (χ4n) is 2.43. The zero-order valence-corrected chi connectivity index (χ0v) is 13.0. The van der Waals surface area contributed by atoms with E-state index in [0.29, 0.717) is 17.2 Å². The number of rotatable bonds is 3. The highest BCUT2D eigenvalue weighted by molar-refractivity contribution is 7.17. The molecule has 2 aromatic heterocycles. The van der Waals surface area contributed by atoms with Crippen LogP contribution in [0, 0.1) is 13.8 Å². The third-order valence-corrected chi connectivity index (χ3v) is 4.58. The normalized spacial score (nSPS) is 11.0. The lowest BCUT2D eigenvalue weighted by Crippen LogP contribution is -2.25. The van der Waals surface area contributed by atoms with Crippen LogP contribution in [0.5, 0.6) is 0 Å². The van der Waals surface area contributed by atoms with Crippen molar-refractivity contribution in [2.24, 2.45) is 0 Å². The Labute approximate surface area is 130 Å². The molecule has 22 heavy (non-hydrogen) atoms. The molecule has 0 saturated heterocycles. The second-order valence-electron chi connectivity index (χ2n) is 5.11. The second-order valence-corrected chi connectivity index (χ2v) is 5.97. The van der Waals surface area contributed by atoms with Gasteiger partial charge in [-0.2, -0.15) is 0 Å². The molecule has 0 fully saturated rings. The molecule has 3 rings (SSSR count). The van der Waals surface area contributed by atoms with E-state index in [1.165, 1.54) is 21.3 Å². The second kappa shape index (κ2) is 5.38. The molecular weight excluding hydrogens is 300 g/mol. The Hall–Kier alpha value is -2.47. The number of carboxylic acid groups (broad SMARTS) is 1. The van der Waals surface area contributed by atoms with Gasteiger partial charge in [0.1, 0.15) is 10.7 Å². The first-order valence-corrected chi connectivity index (χ1v) is 7.63. The molecule has 0 aliphatic carbocycles. The van der Waals surface area contributed by atoms with Gasteiger partial charge < -0.3 is 5.11 Å². The lowest BCUT2D eigenvalue weighted by atomic mass is 10.1. The molecule has 6 heteroatoms. The standard InChI is InChI=1S/C16H14N2O3S/c1-9-5-3-4-6-11(9)7-18-10(2)17-14-13(15(18)19)12(8-22-14)16(20)21/h3-6,8H,7H2,1-2H3,(H,20,21). The summed E-state index contributed by atoms with van der Waals surface area (Å²) in [5.41, 5.74) is 1.82. The van der Waals surface area contributed by atoms with Crippen LogP contribution in [-0.4, -0.2) is 20.6 Å². The van der Waals surface area contributed by atoms with E-state index < -0.39 is 5.97 Å². The fourth-order valence-corrected chi connectivity index (χ4v) is 3.38. The maximum absolute atomic E-state index is 12.7. The van der Waals surface area contributed by atoms with Crippen molar-refractivity contribution in [3.8, 4) is 0 Å².